The van der Waals surface area contributed by atoms with Crippen molar-refractivity contribution >= 4 is 37.5 Å². The van der Waals surface area contributed by atoms with Crippen LogP contribution < -0.4 is 0 Å². The highest BCUT2D eigenvalue weighted by atomic mass is 79.9. The molecule has 4 heterocycles. The Morgan fingerprint density at radius 3 is 2.46 bits per heavy atom. The van der Waals surface area contributed by atoms with Crippen molar-refractivity contribution in [2.24, 2.45) is 0 Å². The normalized spacial score (nSPS) is 23.0. The van der Waals surface area contributed by atoms with Crippen molar-refractivity contribution < 1.29 is 33.2 Å². The molecule has 214 valence electrons. The summed E-state index contributed by atoms with van der Waals surface area (Å²) in [6.45, 7) is 2.99. The Morgan fingerprint density at radius 1 is 1.02 bits per heavy atom. The van der Waals surface area contributed by atoms with Crippen molar-refractivity contribution in [2.75, 3.05) is 6.61 Å². The topological polar surface area (TPSA) is 131 Å². The molecule has 2 aromatic carbocycles. The summed E-state index contributed by atoms with van der Waals surface area (Å²) >= 11 is 5.07. The zero-order valence-electron chi connectivity index (χ0n) is 21.4. The molecule has 1 aliphatic rings. The summed E-state index contributed by atoms with van der Waals surface area (Å²) in [7, 11) is 0. The molecule has 0 aliphatic carbocycles. The van der Waals surface area contributed by atoms with E-state index in [4.69, 9.17) is 4.74 Å². The van der Waals surface area contributed by atoms with E-state index in [0.717, 1.165) is 27.4 Å². The van der Waals surface area contributed by atoms with Crippen LogP contribution in [0, 0.1) is 31.3 Å². The Morgan fingerprint density at radius 2 is 1.76 bits per heavy atom. The second-order valence-corrected chi connectivity index (χ2v) is 11.7. The molecule has 10 nitrogen and oxygen atoms in total. The number of nitrogens with zero attached hydrogens (tertiary/aromatic N) is 6. The predicted molar refractivity (Wildman–Crippen MR) is 145 cm³/mol. The van der Waals surface area contributed by atoms with E-state index in [1.54, 1.807) is 6.92 Å². The average molecular weight is 651 g/mol. The van der Waals surface area contributed by atoms with Gasteiger partial charge < -0.3 is 20.1 Å². The molecule has 1 fully saturated rings. The minimum atomic E-state index is -1.60. The van der Waals surface area contributed by atoms with Crippen LogP contribution in [0.25, 0.3) is 27.0 Å². The number of fused-ring (bicyclic) bond motifs is 1. The number of rotatable bonds is 5. The molecule has 0 bridgehead atoms. The predicted octanol–water partition coefficient (Wildman–Crippen LogP) is 3.93. The SMILES string of the molecule is Cc1nc([C@@H]2OC(CO)[C@H](O)[C@H](n3cc(-c4cc(F)c(F)c(F)c4)cn3)C2O)n(-c2cc3sc(C)nc3cc2Br)n1. The lowest BCUT2D eigenvalue weighted by atomic mass is 9.92. The average Bonchev–Trinajstić information content (AvgIpc) is 3.64. The summed E-state index contributed by atoms with van der Waals surface area (Å²) < 4.78 is 51.5. The van der Waals surface area contributed by atoms with E-state index in [9.17, 15) is 28.5 Å². The summed E-state index contributed by atoms with van der Waals surface area (Å²) in [5.74, 6) is -3.74. The van der Waals surface area contributed by atoms with Crippen molar-refractivity contribution in [2.45, 2.75) is 44.3 Å². The Kier molecular flexibility index (Phi) is 7.20. The molecule has 15 heteroatoms. The van der Waals surface area contributed by atoms with E-state index >= 15 is 0 Å². The lowest BCUT2D eigenvalue weighted by molar-refractivity contribution is -0.210. The maximum Gasteiger partial charge on any atom is 0.194 e. The van der Waals surface area contributed by atoms with Crippen LogP contribution in [-0.4, -0.2) is 69.8 Å². The number of aliphatic hydroxyl groups is 3. The first kappa shape index (κ1) is 27.9. The highest BCUT2D eigenvalue weighted by molar-refractivity contribution is 9.10. The fraction of sp³-hybridized carbons (Fsp3) is 0.308. The first-order chi connectivity index (χ1) is 19.5. The maximum atomic E-state index is 13.9. The van der Waals surface area contributed by atoms with E-state index in [0.29, 0.717) is 16.0 Å². The lowest BCUT2D eigenvalue weighted by Crippen LogP contribution is -2.53. The van der Waals surface area contributed by atoms with Crippen LogP contribution in [-0.2, 0) is 4.74 Å². The van der Waals surface area contributed by atoms with E-state index < -0.39 is 54.5 Å². The second-order valence-electron chi connectivity index (χ2n) is 9.65. The highest BCUT2D eigenvalue weighted by Crippen LogP contribution is 2.40. The van der Waals surface area contributed by atoms with Crippen LogP contribution in [0.5, 0.6) is 0 Å². The molecule has 0 spiro atoms. The number of aromatic nitrogens is 6. The van der Waals surface area contributed by atoms with Crippen molar-refractivity contribution in [1.29, 1.82) is 0 Å². The Labute approximate surface area is 242 Å². The number of hydrogen-bond acceptors (Lipinski definition) is 9. The van der Waals surface area contributed by atoms with Crippen molar-refractivity contribution in [3.05, 3.63) is 75.2 Å². The number of aliphatic hydroxyl groups excluding tert-OH is 3. The van der Waals surface area contributed by atoms with E-state index in [2.05, 4.69) is 36.1 Å². The summed E-state index contributed by atoms with van der Waals surface area (Å²) in [5, 5.41) is 42.2. The molecular weight excluding hydrogens is 629 g/mol. The molecular formula is C26H22BrF3N6O4S. The van der Waals surface area contributed by atoms with Gasteiger partial charge in [-0.25, -0.2) is 27.8 Å². The molecule has 1 aliphatic heterocycles. The van der Waals surface area contributed by atoms with Gasteiger partial charge in [0.15, 0.2) is 23.3 Å². The molecule has 0 radical (unpaired) electrons. The molecule has 5 aromatic rings. The van der Waals surface area contributed by atoms with Crippen LogP contribution in [0.15, 0.2) is 41.1 Å². The van der Waals surface area contributed by atoms with Crippen molar-refractivity contribution in [3.63, 3.8) is 0 Å². The van der Waals surface area contributed by atoms with Gasteiger partial charge >= 0.3 is 0 Å². The Balaban J connectivity index is 1.41. The van der Waals surface area contributed by atoms with Gasteiger partial charge in [0.05, 0.1) is 33.7 Å². The van der Waals surface area contributed by atoms with Gasteiger partial charge in [-0.15, -0.1) is 11.3 Å². The third kappa shape index (κ3) is 4.85. The number of ether oxygens (including phenoxy) is 1. The van der Waals surface area contributed by atoms with Gasteiger partial charge in [-0.05, 0) is 59.6 Å². The molecule has 5 atom stereocenters. The van der Waals surface area contributed by atoms with Gasteiger partial charge in [-0.3, -0.25) is 4.68 Å². The standard InChI is InChI=1S/C26H22BrF3N6O4S/c1-10-32-26(36(34-10)18-6-20-17(5-14(18)27)33-11(2)41-20)25-24(39)22(23(38)19(9-37)40-25)35-8-13(7-31-35)12-3-15(28)21(30)16(29)4-12/h3-8,19,22-25,37-39H,9H2,1-2H3/t19?,22-,23-,24?,25+/m0/s1. The number of aryl methyl sites for hydroxylation is 2. The lowest BCUT2D eigenvalue weighted by Gasteiger charge is -2.41. The highest BCUT2D eigenvalue weighted by Gasteiger charge is 2.48. The maximum absolute atomic E-state index is 13.9. The summed E-state index contributed by atoms with van der Waals surface area (Å²) in [5.41, 5.74) is 1.63. The van der Waals surface area contributed by atoms with Crippen LogP contribution in [0.3, 0.4) is 0 Å². The molecule has 1 saturated heterocycles. The quantitative estimate of drug-likeness (QED) is 0.244. The summed E-state index contributed by atoms with van der Waals surface area (Å²) in [6.07, 6.45) is -2.60. The monoisotopic (exact) mass is 650 g/mol. The van der Waals surface area contributed by atoms with Crippen molar-refractivity contribution in [1.82, 2.24) is 29.5 Å². The molecule has 0 amide bonds. The summed E-state index contributed by atoms with van der Waals surface area (Å²) in [6, 6.07) is 4.20. The number of halogens is 4. The van der Waals surface area contributed by atoms with E-state index in [-0.39, 0.29) is 17.0 Å². The molecule has 41 heavy (non-hydrogen) atoms. The number of hydrogen-bond donors (Lipinski definition) is 3. The Bertz CT molecular complexity index is 1750. The third-order valence-corrected chi connectivity index (χ3v) is 8.47. The van der Waals surface area contributed by atoms with Crippen LogP contribution in [0.2, 0.25) is 0 Å². The largest absolute Gasteiger partial charge is 0.394 e. The number of thiazole rings is 1. The minimum Gasteiger partial charge on any atom is -0.394 e. The number of benzene rings is 2. The van der Waals surface area contributed by atoms with E-state index in [1.807, 2.05) is 19.1 Å². The molecule has 3 N–H and O–H groups in total. The van der Waals surface area contributed by atoms with Gasteiger partial charge in [0, 0.05) is 16.2 Å². The first-order valence-corrected chi connectivity index (χ1v) is 14.0. The molecule has 6 rings (SSSR count). The van der Waals surface area contributed by atoms with Crippen LogP contribution >= 0.6 is 27.3 Å². The van der Waals surface area contributed by atoms with Gasteiger partial charge in [-0.2, -0.15) is 10.2 Å². The summed E-state index contributed by atoms with van der Waals surface area (Å²) in [4.78, 5) is 9.01. The first-order valence-electron chi connectivity index (χ1n) is 12.4. The van der Waals surface area contributed by atoms with Crippen LogP contribution in [0.1, 0.15) is 28.8 Å². The molecule has 0 saturated carbocycles. The zero-order valence-corrected chi connectivity index (χ0v) is 23.8. The fourth-order valence-electron chi connectivity index (χ4n) is 5.01. The van der Waals surface area contributed by atoms with Crippen molar-refractivity contribution in [3.8, 4) is 16.8 Å². The minimum absolute atomic E-state index is 0.00728. The Hall–Kier alpha value is -3.21. The van der Waals surface area contributed by atoms with Gasteiger partial charge in [0.1, 0.15) is 36.3 Å². The van der Waals surface area contributed by atoms with E-state index in [1.165, 1.54) is 33.1 Å². The molecule has 3 aromatic heterocycles. The van der Waals surface area contributed by atoms with Gasteiger partial charge in [0.2, 0.25) is 0 Å². The fourth-order valence-corrected chi connectivity index (χ4v) is 6.35. The third-order valence-electron chi connectivity index (χ3n) is 6.90. The molecule has 2 unspecified atom stereocenters. The second kappa shape index (κ2) is 10.6. The van der Waals surface area contributed by atoms with Gasteiger partial charge in [0.25, 0.3) is 0 Å². The zero-order chi connectivity index (χ0) is 29.2. The smallest absolute Gasteiger partial charge is 0.194 e. The van der Waals surface area contributed by atoms with Crippen LogP contribution in [0.4, 0.5) is 13.2 Å². The van der Waals surface area contributed by atoms with Gasteiger partial charge in [-0.1, -0.05) is 0 Å².